The van der Waals surface area contributed by atoms with Gasteiger partial charge in [-0.2, -0.15) is 0 Å². The van der Waals surface area contributed by atoms with Gasteiger partial charge in [-0.15, -0.1) is 0 Å². The number of hydrogen-bond acceptors (Lipinski definition) is 5. The Balaban J connectivity index is 1.85. The van der Waals surface area contributed by atoms with Gasteiger partial charge in [0.15, 0.2) is 0 Å². The maximum absolute atomic E-state index is 12.8. The van der Waals surface area contributed by atoms with Crippen LogP contribution in [0.2, 0.25) is 0 Å². The van der Waals surface area contributed by atoms with Crippen molar-refractivity contribution in [3.8, 4) is 0 Å². The fourth-order valence-corrected chi connectivity index (χ4v) is 7.16. The minimum Gasteiger partial charge on any atom is -0.469 e. The molecule has 2 N–H and O–H groups in total. The monoisotopic (exact) mass is 421 g/mol. The fraction of sp³-hybridized carbons (Fsp3) is 0.833. The summed E-state index contributed by atoms with van der Waals surface area (Å²) in [5, 5.41) is 19.9. The molecule has 6 heteroatoms. The van der Waals surface area contributed by atoms with Crippen molar-refractivity contribution in [1.29, 1.82) is 0 Å². The molecule has 3 saturated carbocycles. The van der Waals surface area contributed by atoms with Crippen LogP contribution in [0.5, 0.6) is 0 Å². The van der Waals surface area contributed by atoms with Gasteiger partial charge in [0.2, 0.25) is 5.91 Å². The van der Waals surface area contributed by atoms with Gasteiger partial charge in [0.25, 0.3) is 0 Å². The van der Waals surface area contributed by atoms with Gasteiger partial charge in [0.05, 0.1) is 25.2 Å². The van der Waals surface area contributed by atoms with Crippen LogP contribution in [0, 0.1) is 34.5 Å². The summed E-state index contributed by atoms with van der Waals surface area (Å²) in [4.78, 5) is 26.8. The number of rotatable bonds is 4. The van der Waals surface area contributed by atoms with Crippen LogP contribution in [0.3, 0.4) is 0 Å². The second-order valence-electron chi connectivity index (χ2n) is 10.3. The fourth-order valence-electron chi connectivity index (χ4n) is 7.16. The van der Waals surface area contributed by atoms with Gasteiger partial charge in [0, 0.05) is 19.7 Å². The van der Waals surface area contributed by atoms with E-state index in [9.17, 15) is 14.7 Å². The largest absolute Gasteiger partial charge is 0.469 e. The number of nitrogens with zero attached hydrogens (tertiary/aromatic N) is 1. The third-order valence-electron chi connectivity index (χ3n) is 9.04. The number of aliphatic hydroxyl groups is 2. The summed E-state index contributed by atoms with van der Waals surface area (Å²) in [6, 6.07) is 0. The van der Waals surface area contributed by atoms with E-state index in [4.69, 9.17) is 9.84 Å². The first kappa shape index (κ1) is 23.3. The molecule has 170 valence electrons. The number of esters is 1. The predicted molar refractivity (Wildman–Crippen MR) is 114 cm³/mol. The molecular formula is C24H39NO5. The Morgan fingerprint density at radius 3 is 2.57 bits per heavy atom. The van der Waals surface area contributed by atoms with E-state index < -0.39 is 11.5 Å². The van der Waals surface area contributed by atoms with Crippen molar-refractivity contribution in [1.82, 2.24) is 4.90 Å². The Morgan fingerprint density at radius 1 is 1.23 bits per heavy atom. The average molecular weight is 422 g/mol. The highest BCUT2D eigenvalue weighted by molar-refractivity contribution is 5.88. The molecule has 0 saturated heterocycles. The molecule has 0 radical (unpaired) electrons. The van der Waals surface area contributed by atoms with Crippen LogP contribution in [0.1, 0.15) is 59.3 Å². The highest BCUT2D eigenvalue weighted by Crippen LogP contribution is 2.65. The number of carbonyl (C=O) groups is 2. The van der Waals surface area contributed by atoms with Crippen molar-refractivity contribution in [3.05, 3.63) is 11.6 Å². The topological polar surface area (TPSA) is 87.1 Å². The van der Waals surface area contributed by atoms with E-state index in [0.717, 1.165) is 32.1 Å². The molecule has 0 unspecified atom stereocenters. The predicted octanol–water partition coefficient (Wildman–Crippen LogP) is 2.78. The third kappa shape index (κ3) is 3.60. The van der Waals surface area contributed by atoms with Crippen molar-refractivity contribution >= 4 is 11.9 Å². The minimum absolute atomic E-state index is 0.0113. The zero-order chi connectivity index (χ0) is 22.3. The lowest BCUT2D eigenvalue weighted by Crippen LogP contribution is -2.61. The Morgan fingerprint density at radius 2 is 1.93 bits per heavy atom. The molecule has 3 rings (SSSR count). The van der Waals surface area contributed by atoms with Gasteiger partial charge in [-0.25, -0.2) is 0 Å². The third-order valence-corrected chi connectivity index (χ3v) is 9.04. The van der Waals surface area contributed by atoms with Gasteiger partial charge in [-0.3, -0.25) is 9.59 Å². The van der Waals surface area contributed by atoms with E-state index in [0.29, 0.717) is 30.7 Å². The van der Waals surface area contributed by atoms with Crippen LogP contribution < -0.4 is 0 Å². The van der Waals surface area contributed by atoms with Crippen LogP contribution in [-0.4, -0.2) is 60.4 Å². The number of allylic oxidation sites excluding steroid dienone is 1. The molecular weight excluding hydrogens is 382 g/mol. The summed E-state index contributed by atoms with van der Waals surface area (Å²) < 4.78 is 5.15. The summed E-state index contributed by atoms with van der Waals surface area (Å²) >= 11 is 0. The summed E-state index contributed by atoms with van der Waals surface area (Å²) in [5.41, 5.74) is 0.345. The van der Waals surface area contributed by atoms with Crippen LogP contribution in [0.15, 0.2) is 11.6 Å². The maximum atomic E-state index is 12.8. The summed E-state index contributed by atoms with van der Waals surface area (Å²) in [6.07, 6.45) is 6.49. The Kier molecular flexibility index (Phi) is 6.68. The average Bonchev–Trinajstić information content (AvgIpc) is 2.72. The van der Waals surface area contributed by atoms with Gasteiger partial charge >= 0.3 is 5.97 Å². The van der Waals surface area contributed by atoms with Crippen molar-refractivity contribution in [2.75, 3.05) is 27.3 Å². The molecule has 3 aliphatic carbocycles. The van der Waals surface area contributed by atoms with Crippen LogP contribution in [-0.2, 0) is 14.3 Å². The van der Waals surface area contributed by atoms with E-state index in [2.05, 4.69) is 13.8 Å². The molecule has 3 aliphatic rings. The van der Waals surface area contributed by atoms with E-state index >= 15 is 0 Å². The van der Waals surface area contributed by atoms with Crippen molar-refractivity contribution < 1.29 is 24.5 Å². The lowest BCUT2D eigenvalue weighted by atomic mass is 9.42. The SMILES string of the molecule is COC(=O)[C@]1(C)[C@@H]2CC[C@H]3[C@@H](C)/C(=C/C(=O)N(C)CCO)CC[C@@H]3[C@@]2(C)CC[C@@H]1O. The first-order valence-corrected chi connectivity index (χ1v) is 11.4. The smallest absolute Gasteiger partial charge is 0.314 e. The number of carbonyl (C=O) groups excluding carboxylic acids is 2. The number of hydrogen-bond donors (Lipinski definition) is 2. The summed E-state index contributed by atoms with van der Waals surface area (Å²) in [6.45, 7) is 6.78. The second-order valence-corrected chi connectivity index (χ2v) is 10.3. The van der Waals surface area contributed by atoms with Crippen molar-refractivity contribution in [3.63, 3.8) is 0 Å². The quantitative estimate of drug-likeness (QED) is 0.538. The molecule has 30 heavy (non-hydrogen) atoms. The lowest BCUT2D eigenvalue weighted by molar-refractivity contribution is -0.197. The van der Waals surface area contributed by atoms with E-state index in [1.165, 1.54) is 12.7 Å². The maximum Gasteiger partial charge on any atom is 0.314 e. The summed E-state index contributed by atoms with van der Waals surface area (Å²) in [7, 11) is 3.14. The zero-order valence-corrected chi connectivity index (χ0v) is 19.2. The standard InChI is InChI=1S/C24H39NO5/c1-15-16(14-21(28)25(4)12-13-26)6-8-18-17(15)7-9-19-23(18,2)11-10-20(27)24(19,3)22(29)30-5/h14-15,17-20,26-27H,6-13H2,1-5H3/b16-14+/t15-,17-,18-,19+,20-,23+,24+/m0/s1. The van der Waals surface area contributed by atoms with Crippen LogP contribution in [0.4, 0.5) is 0 Å². The van der Waals surface area contributed by atoms with Crippen molar-refractivity contribution in [2.45, 2.75) is 65.4 Å². The van der Waals surface area contributed by atoms with E-state index in [-0.39, 0.29) is 29.8 Å². The van der Waals surface area contributed by atoms with Crippen LogP contribution in [0.25, 0.3) is 0 Å². The molecule has 0 aromatic carbocycles. The highest BCUT2D eigenvalue weighted by Gasteiger charge is 2.63. The minimum atomic E-state index is -0.852. The molecule has 0 heterocycles. The zero-order valence-electron chi connectivity index (χ0n) is 19.2. The number of fused-ring (bicyclic) bond motifs is 3. The molecule has 7 atom stereocenters. The molecule has 6 nitrogen and oxygen atoms in total. The lowest BCUT2D eigenvalue weighted by Gasteiger charge is -2.62. The molecule has 0 aromatic heterocycles. The van der Waals surface area contributed by atoms with Gasteiger partial charge < -0.3 is 19.8 Å². The molecule has 3 fully saturated rings. The van der Waals surface area contributed by atoms with Gasteiger partial charge in [-0.05, 0) is 74.5 Å². The molecule has 0 aliphatic heterocycles. The number of likely N-dealkylation sites (N-methyl/N-ethyl adjacent to an activating group) is 1. The molecule has 0 spiro atoms. The number of aliphatic hydroxyl groups excluding tert-OH is 2. The highest BCUT2D eigenvalue weighted by atomic mass is 16.5. The number of ether oxygens (including phenoxy) is 1. The van der Waals surface area contributed by atoms with Gasteiger partial charge in [0.1, 0.15) is 0 Å². The van der Waals surface area contributed by atoms with Crippen LogP contribution >= 0.6 is 0 Å². The first-order valence-electron chi connectivity index (χ1n) is 11.4. The van der Waals surface area contributed by atoms with Crippen molar-refractivity contribution in [2.24, 2.45) is 34.5 Å². The Bertz CT molecular complexity index is 706. The van der Waals surface area contributed by atoms with Gasteiger partial charge in [-0.1, -0.05) is 19.4 Å². The second kappa shape index (κ2) is 8.62. The van der Waals surface area contributed by atoms with E-state index in [1.807, 2.05) is 6.92 Å². The number of methoxy groups -OCH3 is 1. The molecule has 0 aromatic rings. The normalized spacial score (nSPS) is 42.2. The number of amides is 1. The first-order chi connectivity index (χ1) is 14.1. The molecule has 0 bridgehead atoms. The molecule has 1 amide bonds. The Hall–Kier alpha value is -1.40. The summed E-state index contributed by atoms with van der Waals surface area (Å²) in [5.74, 6) is 1.07. The Labute approximate surface area is 180 Å². The van der Waals surface area contributed by atoms with E-state index in [1.54, 1.807) is 18.0 Å².